The fraction of sp³-hybridized carbons (Fsp3) is 0.176. The summed E-state index contributed by atoms with van der Waals surface area (Å²) in [7, 11) is 0. The third-order valence-electron chi connectivity index (χ3n) is 3.34. The number of rotatable bonds is 4. The summed E-state index contributed by atoms with van der Waals surface area (Å²) in [5.74, 6) is -0.703. The normalized spacial score (nSPS) is 10.0. The largest absolute Gasteiger partial charge is 0.376 e. The van der Waals surface area contributed by atoms with Crippen molar-refractivity contribution in [3.05, 3.63) is 63.6 Å². The van der Waals surface area contributed by atoms with Gasteiger partial charge in [0, 0.05) is 10.2 Å². The van der Waals surface area contributed by atoms with Gasteiger partial charge < -0.3 is 5.32 Å². The quantitative estimate of drug-likeness (QED) is 0.719. The Kier molecular flexibility index (Phi) is 5.76. The zero-order valence-electron chi connectivity index (χ0n) is 12.9. The van der Waals surface area contributed by atoms with Gasteiger partial charge in [0.2, 0.25) is 0 Å². The molecule has 23 heavy (non-hydrogen) atoms. The molecule has 0 radical (unpaired) electrons. The molecule has 0 spiro atoms. The Labute approximate surface area is 143 Å². The second-order valence-corrected chi connectivity index (χ2v) is 5.96. The molecular weight excluding hydrogens is 358 g/mol. The number of para-hydroxylation sites is 1. The van der Waals surface area contributed by atoms with Crippen LogP contribution >= 0.6 is 15.9 Å². The Hall–Kier alpha value is -2.34. The first-order chi connectivity index (χ1) is 11.0. The molecule has 6 heteroatoms. The minimum atomic E-state index is -0.377. The van der Waals surface area contributed by atoms with E-state index in [1.54, 1.807) is 18.2 Å². The molecule has 0 aliphatic rings. The highest BCUT2D eigenvalue weighted by Gasteiger charge is 2.10. The van der Waals surface area contributed by atoms with Gasteiger partial charge in [-0.05, 0) is 53.0 Å². The summed E-state index contributed by atoms with van der Waals surface area (Å²) >= 11 is 3.30. The van der Waals surface area contributed by atoms with Gasteiger partial charge in [-0.25, -0.2) is 0 Å². The zero-order chi connectivity index (χ0) is 16.8. The lowest BCUT2D eigenvalue weighted by atomic mass is 10.1. The summed E-state index contributed by atoms with van der Waals surface area (Å²) in [5, 5.41) is 3.08. The summed E-state index contributed by atoms with van der Waals surface area (Å²) < 4.78 is 0.667. The van der Waals surface area contributed by atoms with E-state index in [1.807, 2.05) is 38.1 Å². The average Bonchev–Trinajstić information content (AvgIpc) is 2.52. The molecule has 0 bridgehead atoms. The van der Waals surface area contributed by atoms with Crippen LogP contribution in [0.1, 0.15) is 21.5 Å². The first kappa shape index (κ1) is 17.0. The predicted molar refractivity (Wildman–Crippen MR) is 94.2 cm³/mol. The molecule has 0 saturated heterocycles. The minimum Gasteiger partial charge on any atom is -0.376 e. The molecule has 0 unspecified atom stereocenters. The van der Waals surface area contributed by atoms with Crippen molar-refractivity contribution in [1.82, 2.24) is 10.9 Å². The number of halogens is 1. The number of hydrogen-bond donors (Lipinski definition) is 3. The lowest BCUT2D eigenvalue weighted by Crippen LogP contribution is -2.44. The number of aryl methyl sites for hydroxylation is 2. The van der Waals surface area contributed by atoms with E-state index in [9.17, 15) is 9.59 Å². The molecule has 0 aliphatic carbocycles. The predicted octanol–water partition coefficient (Wildman–Crippen LogP) is 2.94. The second-order valence-electron chi connectivity index (χ2n) is 5.10. The van der Waals surface area contributed by atoms with Crippen molar-refractivity contribution in [3.63, 3.8) is 0 Å². The van der Waals surface area contributed by atoms with E-state index < -0.39 is 0 Å². The Morgan fingerprint density at radius 1 is 0.957 bits per heavy atom. The van der Waals surface area contributed by atoms with Gasteiger partial charge in [-0.3, -0.25) is 20.4 Å². The van der Waals surface area contributed by atoms with E-state index in [0.717, 1.165) is 16.8 Å². The maximum absolute atomic E-state index is 12.0. The highest BCUT2D eigenvalue weighted by Crippen LogP contribution is 2.18. The van der Waals surface area contributed by atoms with Crippen LogP contribution < -0.4 is 16.2 Å². The van der Waals surface area contributed by atoms with Gasteiger partial charge in [-0.1, -0.05) is 30.3 Å². The van der Waals surface area contributed by atoms with Gasteiger partial charge >= 0.3 is 0 Å². The number of hydrogen-bond acceptors (Lipinski definition) is 3. The summed E-state index contributed by atoms with van der Waals surface area (Å²) in [6, 6.07) is 12.9. The topological polar surface area (TPSA) is 70.2 Å². The van der Waals surface area contributed by atoms with E-state index in [2.05, 4.69) is 32.1 Å². The molecule has 2 rings (SSSR count). The van der Waals surface area contributed by atoms with Crippen LogP contribution in [0, 0.1) is 13.8 Å². The van der Waals surface area contributed by atoms with Crippen molar-refractivity contribution in [2.75, 3.05) is 11.9 Å². The van der Waals surface area contributed by atoms with E-state index in [4.69, 9.17) is 0 Å². The van der Waals surface area contributed by atoms with E-state index in [-0.39, 0.29) is 18.4 Å². The molecular formula is C17H18BrN3O2. The molecule has 2 aromatic rings. The summed E-state index contributed by atoms with van der Waals surface area (Å²) in [4.78, 5) is 23.8. The van der Waals surface area contributed by atoms with Crippen molar-refractivity contribution in [3.8, 4) is 0 Å². The smallest absolute Gasteiger partial charge is 0.270 e. The van der Waals surface area contributed by atoms with Crippen molar-refractivity contribution in [2.45, 2.75) is 13.8 Å². The fourth-order valence-electron chi connectivity index (χ4n) is 2.15. The van der Waals surface area contributed by atoms with Crippen molar-refractivity contribution in [1.29, 1.82) is 0 Å². The maximum atomic E-state index is 12.0. The van der Waals surface area contributed by atoms with Crippen LogP contribution in [0.15, 0.2) is 46.9 Å². The van der Waals surface area contributed by atoms with Gasteiger partial charge in [0.05, 0.1) is 12.1 Å². The molecule has 120 valence electrons. The van der Waals surface area contributed by atoms with Crippen LogP contribution in [0.2, 0.25) is 0 Å². The van der Waals surface area contributed by atoms with Crippen molar-refractivity contribution >= 4 is 33.4 Å². The molecule has 2 amide bonds. The first-order valence-corrected chi connectivity index (χ1v) is 7.92. The number of benzene rings is 2. The standard InChI is InChI=1S/C17H18BrN3O2/c1-11-6-5-7-12(2)16(11)19-10-15(22)20-21-17(23)13-8-3-4-9-14(13)18/h3-9,19H,10H2,1-2H3,(H,20,22)(H,21,23). The number of carbonyl (C=O) groups excluding carboxylic acids is 2. The number of anilines is 1. The zero-order valence-corrected chi connectivity index (χ0v) is 14.5. The van der Waals surface area contributed by atoms with Crippen LogP contribution in [0.4, 0.5) is 5.69 Å². The molecule has 0 atom stereocenters. The summed E-state index contributed by atoms with van der Waals surface area (Å²) in [6.45, 7) is 4.02. The molecule has 0 aromatic heterocycles. The van der Waals surface area contributed by atoms with Crippen LogP contribution in [-0.4, -0.2) is 18.4 Å². The van der Waals surface area contributed by atoms with Gasteiger partial charge in [-0.15, -0.1) is 0 Å². The first-order valence-electron chi connectivity index (χ1n) is 7.13. The van der Waals surface area contributed by atoms with Crippen LogP contribution in [0.5, 0.6) is 0 Å². The lowest BCUT2D eigenvalue weighted by molar-refractivity contribution is -0.120. The second kappa shape index (κ2) is 7.78. The average molecular weight is 376 g/mol. The maximum Gasteiger partial charge on any atom is 0.270 e. The third-order valence-corrected chi connectivity index (χ3v) is 4.03. The number of amides is 2. The van der Waals surface area contributed by atoms with Crippen LogP contribution in [0.25, 0.3) is 0 Å². The molecule has 5 nitrogen and oxygen atoms in total. The third kappa shape index (κ3) is 4.56. The fourth-order valence-corrected chi connectivity index (χ4v) is 2.61. The number of carbonyl (C=O) groups is 2. The number of nitrogens with one attached hydrogen (secondary N) is 3. The highest BCUT2D eigenvalue weighted by atomic mass is 79.9. The SMILES string of the molecule is Cc1cccc(C)c1NCC(=O)NNC(=O)c1ccccc1Br. The van der Waals surface area contributed by atoms with E-state index >= 15 is 0 Å². The van der Waals surface area contributed by atoms with Crippen molar-refractivity contribution < 1.29 is 9.59 Å². The lowest BCUT2D eigenvalue weighted by Gasteiger charge is -2.13. The molecule has 0 heterocycles. The Balaban J connectivity index is 1.86. The number of hydrazine groups is 1. The monoisotopic (exact) mass is 375 g/mol. The van der Waals surface area contributed by atoms with E-state index in [1.165, 1.54) is 0 Å². The van der Waals surface area contributed by atoms with Gasteiger partial charge in [0.25, 0.3) is 11.8 Å². The van der Waals surface area contributed by atoms with E-state index in [0.29, 0.717) is 10.0 Å². The molecule has 3 N–H and O–H groups in total. The van der Waals surface area contributed by atoms with Crippen molar-refractivity contribution in [2.24, 2.45) is 0 Å². The Morgan fingerprint density at radius 3 is 2.26 bits per heavy atom. The molecule has 0 fully saturated rings. The highest BCUT2D eigenvalue weighted by molar-refractivity contribution is 9.10. The Bertz CT molecular complexity index is 711. The van der Waals surface area contributed by atoms with Gasteiger partial charge in [0.15, 0.2) is 0 Å². The summed E-state index contributed by atoms with van der Waals surface area (Å²) in [5.41, 5.74) is 8.31. The molecule has 2 aromatic carbocycles. The minimum absolute atomic E-state index is 0.0714. The van der Waals surface area contributed by atoms with Gasteiger partial charge in [0.1, 0.15) is 0 Å². The molecule has 0 aliphatic heterocycles. The Morgan fingerprint density at radius 2 is 1.61 bits per heavy atom. The van der Waals surface area contributed by atoms with Gasteiger partial charge in [-0.2, -0.15) is 0 Å². The van der Waals surface area contributed by atoms with Crippen LogP contribution in [0.3, 0.4) is 0 Å². The molecule has 0 saturated carbocycles. The summed E-state index contributed by atoms with van der Waals surface area (Å²) in [6.07, 6.45) is 0. The van der Waals surface area contributed by atoms with Crippen LogP contribution in [-0.2, 0) is 4.79 Å².